The molecule has 7 heteroatoms. The van der Waals surface area contributed by atoms with Gasteiger partial charge in [-0.2, -0.15) is 0 Å². The average Bonchev–Trinajstić information content (AvgIpc) is 2.74. The lowest BCUT2D eigenvalue weighted by Gasteiger charge is -2.33. The van der Waals surface area contributed by atoms with Crippen LogP contribution in [0.5, 0.6) is 0 Å². The van der Waals surface area contributed by atoms with Crippen molar-refractivity contribution in [2.24, 2.45) is 0 Å². The van der Waals surface area contributed by atoms with Crippen molar-refractivity contribution in [1.82, 2.24) is 14.5 Å². The first-order valence-corrected chi connectivity index (χ1v) is 9.41. The number of rotatable bonds is 3. The number of benzene rings is 2. The highest BCUT2D eigenvalue weighted by Gasteiger charge is 2.25. The minimum atomic E-state index is -0.597. The van der Waals surface area contributed by atoms with Gasteiger partial charge in [0.25, 0.3) is 5.56 Å². The number of nitrogens with zero attached hydrogens (tertiary/aromatic N) is 3. The molecule has 1 atom stereocenters. The Morgan fingerprint density at radius 2 is 2.00 bits per heavy atom. The lowest BCUT2D eigenvalue weighted by Crippen LogP contribution is -2.42. The topological polar surface area (TPSA) is 55.2 Å². The van der Waals surface area contributed by atoms with Gasteiger partial charge in [0.2, 0.25) is 5.91 Å². The van der Waals surface area contributed by atoms with E-state index in [1.54, 1.807) is 27.7 Å². The number of para-hydroxylation sites is 1. The van der Waals surface area contributed by atoms with Gasteiger partial charge in [-0.3, -0.25) is 14.2 Å². The Balaban J connectivity index is 1.53. The number of hydrogen-bond acceptors (Lipinski definition) is 3. The van der Waals surface area contributed by atoms with E-state index >= 15 is 0 Å². The average molecular weight is 395 g/mol. The van der Waals surface area contributed by atoms with Crippen LogP contribution < -0.4 is 5.56 Å². The summed E-state index contributed by atoms with van der Waals surface area (Å²) in [7, 11) is 0. The summed E-state index contributed by atoms with van der Waals surface area (Å²) < 4.78 is 28.6. The number of aromatic nitrogens is 2. The third-order valence-corrected chi connectivity index (χ3v) is 5.16. The molecule has 0 saturated carbocycles. The van der Waals surface area contributed by atoms with Gasteiger partial charge in [-0.25, -0.2) is 13.8 Å². The maximum absolute atomic E-state index is 13.7. The standard InChI is InChI=1S/C22H19F2N3O2/c23-16-8-9-19(24)15(12-16)7-10-21(28)26-11-3-4-17(13-26)27-14-25-20-6-2-1-5-18(20)22(27)29/h1-2,5-10,12,14,17H,3-4,11,13H2. The van der Waals surface area contributed by atoms with Gasteiger partial charge in [-0.1, -0.05) is 12.1 Å². The monoisotopic (exact) mass is 395 g/mol. The first-order chi connectivity index (χ1) is 14.0. The van der Waals surface area contributed by atoms with E-state index in [0.29, 0.717) is 24.0 Å². The maximum Gasteiger partial charge on any atom is 0.261 e. The fourth-order valence-electron chi connectivity index (χ4n) is 3.63. The van der Waals surface area contributed by atoms with Crippen LogP contribution >= 0.6 is 0 Å². The van der Waals surface area contributed by atoms with Crippen molar-refractivity contribution >= 4 is 22.9 Å². The quantitative estimate of drug-likeness (QED) is 0.638. The van der Waals surface area contributed by atoms with Crippen molar-refractivity contribution in [3.8, 4) is 0 Å². The number of hydrogen-bond donors (Lipinski definition) is 0. The maximum atomic E-state index is 13.7. The van der Waals surface area contributed by atoms with Gasteiger partial charge < -0.3 is 4.90 Å². The zero-order valence-corrected chi connectivity index (χ0v) is 15.6. The van der Waals surface area contributed by atoms with Crippen LogP contribution in [0.1, 0.15) is 24.4 Å². The SMILES string of the molecule is O=C(C=Cc1cc(F)ccc1F)N1CCCC(n2cnc3ccccc3c2=O)C1. The van der Waals surface area contributed by atoms with Crippen molar-refractivity contribution < 1.29 is 13.6 Å². The Bertz CT molecular complexity index is 1160. The molecule has 2 heterocycles. The van der Waals surface area contributed by atoms with Gasteiger partial charge in [-0.05, 0) is 49.2 Å². The predicted octanol–water partition coefficient (Wildman–Crippen LogP) is 3.55. The van der Waals surface area contributed by atoms with Crippen molar-refractivity contribution in [3.63, 3.8) is 0 Å². The van der Waals surface area contributed by atoms with E-state index in [-0.39, 0.29) is 23.1 Å². The van der Waals surface area contributed by atoms with Crippen LogP contribution in [-0.2, 0) is 4.79 Å². The van der Waals surface area contributed by atoms with Gasteiger partial charge in [0.05, 0.1) is 23.3 Å². The van der Waals surface area contributed by atoms with E-state index < -0.39 is 11.6 Å². The van der Waals surface area contributed by atoms with E-state index in [1.165, 1.54) is 18.5 Å². The first-order valence-electron chi connectivity index (χ1n) is 9.41. The van der Waals surface area contributed by atoms with Crippen molar-refractivity contribution in [3.05, 3.63) is 82.4 Å². The highest BCUT2D eigenvalue weighted by molar-refractivity contribution is 5.91. The molecule has 1 amide bonds. The Morgan fingerprint density at radius 1 is 1.17 bits per heavy atom. The minimum absolute atomic E-state index is 0.0156. The van der Waals surface area contributed by atoms with Crippen molar-refractivity contribution in [2.45, 2.75) is 18.9 Å². The third kappa shape index (κ3) is 3.94. The molecule has 2 aromatic carbocycles. The summed E-state index contributed by atoms with van der Waals surface area (Å²) >= 11 is 0. The van der Waals surface area contributed by atoms with E-state index in [9.17, 15) is 18.4 Å². The molecule has 0 N–H and O–H groups in total. The molecule has 0 bridgehead atoms. The summed E-state index contributed by atoms with van der Waals surface area (Å²) in [5, 5.41) is 0.542. The molecule has 1 fully saturated rings. The molecule has 4 rings (SSSR count). The highest BCUT2D eigenvalue weighted by Crippen LogP contribution is 2.21. The number of piperidine rings is 1. The molecule has 148 valence electrons. The molecular weight excluding hydrogens is 376 g/mol. The highest BCUT2D eigenvalue weighted by atomic mass is 19.1. The van der Waals surface area contributed by atoms with Crippen LogP contribution in [0.4, 0.5) is 8.78 Å². The molecule has 0 radical (unpaired) electrons. The molecule has 0 spiro atoms. The van der Waals surface area contributed by atoms with Crippen LogP contribution in [0.2, 0.25) is 0 Å². The van der Waals surface area contributed by atoms with Gasteiger partial charge in [0, 0.05) is 24.7 Å². The molecule has 1 aromatic heterocycles. The minimum Gasteiger partial charge on any atom is -0.337 e. The smallest absolute Gasteiger partial charge is 0.261 e. The zero-order valence-electron chi connectivity index (χ0n) is 15.6. The molecular formula is C22H19F2N3O2. The number of likely N-dealkylation sites (tertiary alicyclic amines) is 1. The molecule has 1 aliphatic rings. The predicted molar refractivity (Wildman–Crippen MR) is 106 cm³/mol. The normalized spacial score (nSPS) is 17.2. The molecule has 1 unspecified atom stereocenters. The summed E-state index contributed by atoms with van der Waals surface area (Å²) in [5.41, 5.74) is 0.520. The number of halogens is 2. The summed E-state index contributed by atoms with van der Waals surface area (Å²) in [4.78, 5) is 31.3. The fourth-order valence-corrected chi connectivity index (χ4v) is 3.63. The van der Waals surface area contributed by atoms with E-state index in [0.717, 1.165) is 31.0 Å². The summed E-state index contributed by atoms with van der Waals surface area (Å²) in [5.74, 6) is -1.47. The number of carbonyl (C=O) groups is 1. The second-order valence-corrected chi connectivity index (χ2v) is 7.05. The van der Waals surface area contributed by atoms with Crippen LogP contribution in [0.25, 0.3) is 17.0 Å². The van der Waals surface area contributed by atoms with Crippen molar-refractivity contribution in [1.29, 1.82) is 0 Å². The summed E-state index contributed by atoms with van der Waals surface area (Å²) in [6.45, 7) is 0.899. The van der Waals surface area contributed by atoms with Crippen molar-refractivity contribution in [2.75, 3.05) is 13.1 Å². The van der Waals surface area contributed by atoms with E-state index in [4.69, 9.17) is 0 Å². The Morgan fingerprint density at radius 3 is 2.86 bits per heavy atom. The summed E-state index contributed by atoms with van der Waals surface area (Å²) in [6, 6.07) is 10.1. The molecule has 5 nitrogen and oxygen atoms in total. The number of fused-ring (bicyclic) bond motifs is 1. The van der Waals surface area contributed by atoms with Gasteiger partial charge in [-0.15, -0.1) is 0 Å². The number of carbonyl (C=O) groups excluding carboxylic acids is 1. The van der Waals surface area contributed by atoms with E-state index in [1.807, 2.05) is 6.07 Å². The molecule has 0 aliphatic carbocycles. The fraction of sp³-hybridized carbons (Fsp3) is 0.227. The van der Waals surface area contributed by atoms with Gasteiger partial charge in [0.15, 0.2) is 0 Å². The Hall–Kier alpha value is -3.35. The van der Waals surface area contributed by atoms with Gasteiger partial charge >= 0.3 is 0 Å². The second kappa shape index (κ2) is 7.95. The Kier molecular flexibility index (Phi) is 5.20. The van der Waals surface area contributed by atoms with Crippen LogP contribution in [0.15, 0.2) is 59.7 Å². The molecule has 1 saturated heterocycles. The van der Waals surface area contributed by atoms with Crippen LogP contribution in [0, 0.1) is 11.6 Å². The second-order valence-electron chi connectivity index (χ2n) is 7.05. The van der Waals surface area contributed by atoms with Gasteiger partial charge in [0.1, 0.15) is 11.6 Å². The Labute approximate surface area is 165 Å². The molecule has 29 heavy (non-hydrogen) atoms. The first kappa shape index (κ1) is 19.0. The van der Waals surface area contributed by atoms with E-state index in [2.05, 4.69) is 4.98 Å². The zero-order chi connectivity index (χ0) is 20.4. The van der Waals surface area contributed by atoms with Crippen LogP contribution in [-0.4, -0.2) is 33.4 Å². The lowest BCUT2D eigenvalue weighted by molar-refractivity contribution is -0.127. The largest absolute Gasteiger partial charge is 0.337 e. The molecule has 3 aromatic rings. The summed E-state index contributed by atoms with van der Waals surface area (Å²) in [6.07, 6.45) is 5.53. The van der Waals surface area contributed by atoms with Crippen LogP contribution in [0.3, 0.4) is 0 Å². The number of amides is 1. The molecule has 1 aliphatic heterocycles. The third-order valence-electron chi connectivity index (χ3n) is 5.16. The lowest BCUT2D eigenvalue weighted by atomic mass is 10.0.